The van der Waals surface area contributed by atoms with Gasteiger partial charge in [-0.1, -0.05) is 11.3 Å². The van der Waals surface area contributed by atoms with Gasteiger partial charge in [-0.05, 0) is 58.7 Å². The van der Waals surface area contributed by atoms with Crippen LogP contribution in [0.5, 0.6) is 5.06 Å². The van der Waals surface area contributed by atoms with Crippen molar-refractivity contribution in [1.29, 1.82) is 0 Å². The van der Waals surface area contributed by atoms with Crippen molar-refractivity contribution in [2.24, 2.45) is 0 Å². The lowest BCUT2D eigenvalue weighted by molar-refractivity contribution is -0.122. The molecule has 9 nitrogen and oxygen atoms in total. The molecule has 0 bridgehead atoms. The fourth-order valence-electron chi connectivity index (χ4n) is 3.78. The summed E-state index contributed by atoms with van der Waals surface area (Å²) in [5.41, 5.74) is 0.945. The predicted octanol–water partition coefficient (Wildman–Crippen LogP) is 3.46. The van der Waals surface area contributed by atoms with Gasteiger partial charge in [-0.2, -0.15) is 0 Å². The maximum Gasteiger partial charge on any atom is 0.414 e. The summed E-state index contributed by atoms with van der Waals surface area (Å²) in [7, 11) is 0. The third kappa shape index (κ3) is 5.55. The van der Waals surface area contributed by atoms with Gasteiger partial charge in [-0.15, -0.1) is 0 Å². The van der Waals surface area contributed by atoms with Gasteiger partial charge >= 0.3 is 6.09 Å². The highest BCUT2D eigenvalue weighted by Gasteiger charge is 2.44. The van der Waals surface area contributed by atoms with Gasteiger partial charge in [0.05, 0.1) is 30.0 Å². The zero-order valence-electron chi connectivity index (χ0n) is 18.0. The Morgan fingerprint density at radius 3 is 2.73 bits per heavy atom. The topological polar surface area (TPSA) is 106 Å². The molecule has 0 spiro atoms. The Labute approximate surface area is 203 Å². The molecule has 2 N–H and O–H groups in total. The van der Waals surface area contributed by atoms with Gasteiger partial charge in [-0.3, -0.25) is 9.59 Å². The first-order chi connectivity index (χ1) is 15.9. The minimum Gasteiger partial charge on any atom is -0.399 e. The second kappa shape index (κ2) is 10.2. The van der Waals surface area contributed by atoms with E-state index in [2.05, 4.69) is 26.6 Å². The van der Waals surface area contributed by atoms with E-state index >= 15 is 0 Å². The standard InChI is InChI=1S/C22H24BrN3O6S/c1-14-12-15(2-3-16(14)26-8-11-30-9-6-18(26)27)24-20(28)22(7-10-31-13-22)25-21(29)32-19-5-4-17(23)33-19/h2-5,12H,6-11,13H2,1H3,(H,24,28)(H,25,29). The SMILES string of the molecule is Cc1cc(NC(=O)C2(NC(=O)Oc3ccc(Br)s3)CCOC2)ccc1N1CCOCCC1=O. The van der Waals surface area contributed by atoms with E-state index < -0.39 is 17.5 Å². The molecule has 2 saturated heterocycles. The number of carbonyl (C=O) groups excluding carboxylic acids is 3. The van der Waals surface area contributed by atoms with Crippen LogP contribution in [0.3, 0.4) is 0 Å². The lowest BCUT2D eigenvalue weighted by Gasteiger charge is -2.27. The van der Waals surface area contributed by atoms with Crippen LogP contribution >= 0.6 is 27.3 Å². The number of aryl methyl sites for hydroxylation is 1. The molecule has 1 aromatic carbocycles. The number of ether oxygens (including phenoxy) is 3. The Hall–Kier alpha value is -2.47. The normalized spacial score (nSPS) is 20.9. The van der Waals surface area contributed by atoms with Gasteiger partial charge < -0.3 is 29.7 Å². The van der Waals surface area contributed by atoms with E-state index in [1.165, 1.54) is 11.3 Å². The minimum absolute atomic E-state index is 0.00919. The number of nitrogens with one attached hydrogen (secondary N) is 2. The van der Waals surface area contributed by atoms with Crippen molar-refractivity contribution in [2.75, 3.05) is 43.2 Å². The average Bonchev–Trinajstić information content (AvgIpc) is 3.35. The van der Waals surface area contributed by atoms with Crippen molar-refractivity contribution in [2.45, 2.75) is 25.3 Å². The van der Waals surface area contributed by atoms with Gasteiger partial charge in [0.25, 0.3) is 5.91 Å². The van der Waals surface area contributed by atoms with E-state index in [9.17, 15) is 14.4 Å². The average molecular weight is 538 g/mol. The van der Waals surface area contributed by atoms with Crippen molar-refractivity contribution in [3.05, 3.63) is 39.7 Å². The molecule has 0 radical (unpaired) electrons. The van der Waals surface area contributed by atoms with Gasteiger partial charge in [0.15, 0.2) is 5.06 Å². The highest BCUT2D eigenvalue weighted by molar-refractivity contribution is 9.11. The van der Waals surface area contributed by atoms with Crippen LogP contribution in [-0.2, 0) is 19.1 Å². The van der Waals surface area contributed by atoms with Crippen LogP contribution in [0, 0.1) is 6.92 Å². The Bertz CT molecular complexity index is 1050. The van der Waals surface area contributed by atoms with E-state index in [-0.39, 0.29) is 12.5 Å². The maximum absolute atomic E-state index is 13.2. The summed E-state index contributed by atoms with van der Waals surface area (Å²) in [4.78, 5) is 39.7. The number of halogens is 1. The first kappa shape index (κ1) is 23.7. The third-order valence-corrected chi connectivity index (χ3v) is 7.01. The summed E-state index contributed by atoms with van der Waals surface area (Å²) in [5.74, 6) is -0.384. The van der Waals surface area contributed by atoms with E-state index in [4.69, 9.17) is 14.2 Å². The highest BCUT2D eigenvalue weighted by Crippen LogP contribution is 2.30. The molecule has 2 aliphatic heterocycles. The molecule has 176 valence electrons. The molecule has 1 aromatic heterocycles. The number of carbonyl (C=O) groups is 3. The zero-order valence-corrected chi connectivity index (χ0v) is 20.4. The number of anilines is 2. The van der Waals surface area contributed by atoms with Crippen LogP contribution in [-0.4, -0.2) is 56.4 Å². The monoisotopic (exact) mass is 537 g/mol. The fraction of sp³-hybridized carbons (Fsp3) is 0.409. The molecule has 2 fully saturated rings. The highest BCUT2D eigenvalue weighted by atomic mass is 79.9. The van der Waals surface area contributed by atoms with Crippen LogP contribution < -0.4 is 20.3 Å². The zero-order chi connectivity index (χ0) is 23.4. The van der Waals surface area contributed by atoms with Crippen molar-refractivity contribution >= 4 is 56.5 Å². The molecule has 2 aliphatic rings. The molecule has 1 unspecified atom stereocenters. The summed E-state index contributed by atoms with van der Waals surface area (Å²) < 4.78 is 17.0. The number of hydrogen-bond donors (Lipinski definition) is 2. The predicted molar refractivity (Wildman–Crippen MR) is 127 cm³/mol. The maximum atomic E-state index is 13.2. The van der Waals surface area contributed by atoms with E-state index in [0.29, 0.717) is 50.0 Å². The third-order valence-electron chi connectivity index (χ3n) is 5.51. The summed E-state index contributed by atoms with van der Waals surface area (Å²) in [5, 5.41) is 5.97. The van der Waals surface area contributed by atoms with Crippen LogP contribution in [0.25, 0.3) is 0 Å². The molecule has 11 heteroatoms. The first-order valence-corrected chi connectivity index (χ1v) is 12.1. The molecular weight excluding hydrogens is 514 g/mol. The van der Waals surface area contributed by atoms with Crippen molar-refractivity contribution in [3.8, 4) is 5.06 Å². The molecule has 3 amide bonds. The molecule has 3 heterocycles. The molecular formula is C22H24BrN3O6S. The van der Waals surface area contributed by atoms with Crippen molar-refractivity contribution < 1.29 is 28.6 Å². The molecule has 33 heavy (non-hydrogen) atoms. The number of nitrogens with zero attached hydrogens (tertiary/aromatic N) is 1. The van der Waals surface area contributed by atoms with Crippen molar-refractivity contribution in [3.63, 3.8) is 0 Å². The van der Waals surface area contributed by atoms with Gasteiger partial charge in [0.2, 0.25) is 5.91 Å². The Kier molecular flexibility index (Phi) is 7.32. The smallest absolute Gasteiger partial charge is 0.399 e. The van der Waals surface area contributed by atoms with Crippen LogP contribution in [0.4, 0.5) is 16.2 Å². The quantitative estimate of drug-likeness (QED) is 0.604. The summed E-state index contributed by atoms with van der Waals surface area (Å²) in [6, 6.07) is 8.79. The number of amides is 3. The number of benzene rings is 1. The largest absolute Gasteiger partial charge is 0.414 e. The molecule has 4 rings (SSSR count). The molecule has 0 saturated carbocycles. The molecule has 0 aliphatic carbocycles. The van der Waals surface area contributed by atoms with E-state index in [0.717, 1.165) is 15.0 Å². The van der Waals surface area contributed by atoms with E-state index in [1.54, 1.807) is 29.2 Å². The lowest BCUT2D eigenvalue weighted by Crippen LogP contribution is -2.58. The first-order valence-electron chi connectivity index (χ1n) is 10.5. The van der Waals surface area contributed by atoms with Crippen LogP contribution in [0.1, 0.15) is 18.4 Å². The van der Waals surface area contributed by atoms with Gasteiger partial charge in [0, 0.05) is 30.9 Å². The minimum atomic E-state index is -1.24. The summed E-state index contributed by atoms with van der Waals surface area (Å²) in [6.45, 7) is 3.66. The number of hydrogen-bond acceptors (Lipinski definition) is 7. The second-order valence-corrected chi connectivity index (χ2v) is 10.2. The number of rotatable bonds is 5. The summed E-state index contributed by atoms with van der Waals surface area (Å²) in [6.07, 6.45) is -0.0649. The lowest BCUT2D eigenvalue weighted by atomic mass is 9.97. The van der Waals surface area contributed by atoms with E-state index in [1.807, 2.05) is 13.0 Å². The summed E-state index contributed by atoms with van der Waals surface area (Å²) >= 11 is 4.59. The Morgan fingerprint density at radius 1 is 1.18 bits per heavy atom. The molecule has 2 aromatic rings. The number of thiophene rings is 1. The fourth-order valence-corrected chi connectivity index (χ4v) is 4.98. The molecule has 1 atom stereocenters. The van der Waals surface area contributed by atoms with Crippen LogP contribution in [0.2, 0.25) is 0 Å². The van der Waals surface area contributed by atoms with Gasteiger partial charge in [-0.25, -0.2) is 4.79 Å². The second-order valence-electron chi connectivity index (χ2n) is 7.82. The van der Waals surface area contributed by atoms with Crippen LogP contribution in [0.15, 0.2) is 34.1 Å². The van der Waals surface area contributed by atoms with Gasteiger partial charge in [0.1, 0.15) is 5.54 Å². The Balaban J connectivity index is 1.45. The Morgan fingerprint density at radius 2 is 2.03 bits per heavy atom. The van der Waals surface area contributed by atoms with Crippen molar-refractivity contribution in [1.82, 2.24) is 5.32 Å².